The molecule has 0 radical (unpaired) electrons. The Morgan fingerprint density at radius 2 is 1.96 bits per heavy atom. The molecule has 0 bridgehead atoms. The first-order valence-corrected chi connectivity index (χ1v) is 9.73. The molecule has 4 rings (SSSR count). The molecule has 0 saturated heterocycles. The zero-order valence-electron chi connectivity index (χ0n) is 15.9. The predicted molar refractivity (Wildman–Crippen MR) is 108 cm³/mol. The lowest BCUT2D eigenvalue weighted by atomic mass is 9.60. The van der Waals surface area contributed by atoms with Gasteiger partial charge in [0.1, 0.15) is 17.7 Å². The maximum absolute atomic E-state index is 13.5. The maximum atomic E-state index is 13.5. The number of hydrogen-bond acceptors (Lipinski definition) is 2. The zero-order chi connectivity index (χ0) is 19.7. The standard InChI is InChI=1S/C24H23F2NO/c1-24(18-4-8-20(26)9-5-18)13-12-17-15-21(27-28)10-11-22(17)23(24)14-16-2-6-19(25)7-3-16/h2-6,8-11,15,19,23H,7,12-14H2,1H3/t19?,23?,24-/m0/s1. The number of hydrogen-bond donors (Lipinski definition) is 0. The van der Waals surface area contributed by atoms with E-state index in [0.29, 0.717) is 12.1 Å². The van der Waals surface area contributed by atoms with Crippen LogP contribution in [0.3, 0.4) is 0 Å². The van der Waals surface area contributed by atoms with Crippen molar-refractivity contribution >= 4 is 5.69 Å². The van der Waals surface area contributed by atoms with Crippen molar-refractivity contribution in [3.8, 4) is 0 Å². The maximum Gasteiger partial charge on any atom is 0.123 e. The van der Waals surface area contributed by atoms with Gasteiger partial charge in [-0.15, -0.1) is 4.91 Å². The van der Waals surface area contributed by atoms with Crippen molar-refractivity contribution in [2.45, 2.75) is 50.1 Å². The minimum atomic E-state index is -0.910. The number of alkyl halides is 1. The molecule has 4 heteroatoms. The Labute approximate surface area is 164 Å². The number of fused-ring (bicyclic) bond motifs is 1. The lowest BCUT2D eigenvalue weighted by molar-refractivity contribution is 0.324. The second-order valence-corrected chi connectivity index (χ2v) is 8.05. The van der Waals surface area contributed by atoms with Crippen LogP contribution >= 0.6 is 0 Å². The molecular weight excluding hydrogens is 356 g/mol. The predicted octanol–water partition coefficient (Wildman–Crippen LogP) is 6.83. The molecule has 0 amide bonds. The van der Waals surface area contributed by atoms with Gasteiger partial charge < -0.3 is 0 Å². The second-order valence-electron chi connectivity index (χ2n) is 8.05. The Balaban J connectivity index is 1.77. The number of halogens is 2. The third-order valence-electron chi connectivity index (χ3n) is 6.36. The highest BCUT2D eigenvalue weighted by Gasteiger charge is 2.41. The number of allylic oxidation sites excluding steroid dienone is 4. The molecule has 0 aromatic heterocycles. The van der Waals surface area contributed by atoms with Gasteiger partial charge in [-0.25, -0.2) is 8.78 Å². The van der Waals surface area contributed by atoms with Gasteiger partial charge in [0.15, 0.2) is 0 Å². The molecule has 0 fully saturated rings. The van der Waals surface area contributed by atoms with Crippen molar-refractivity contribution in [3.05, 3.63) is 93.7 Å². The van der Waals surface area contributed by atoms with Crippen LogP contribution in [0.5, 0.6) is 0 Å². The van der Waals surface area contributed by atoms with Gasteiger partial charge in [-0.3, -0.25) is 0 Å². The lowest BCUT2D eigenvalue weighted by Crippen LogP contribution is -2.35. The van der Waals surface area contributed by atoms with Gasteiger partial charge >= 0.3 is 0 Å². The summed E-state index contributed by atoms with van der Waals surface area (Å²) >= 11 is 0. The van der Waals surface area contributed by atoms with E-state index in [1.54, 1.807) is 12.1 Å². The molecule has 2 aromatic carbocycles. The van der Waals surface area contributed by atoms with E-state index < -0.39 is 6.17 Å². The van der Waals surface area contributed by atoms with Gasteiger partial charge in [0.05, 0.1) is 0 Å². The highest BCUT2D eigenvalue weighted by molar-refractivity contribution is 5.50. The third kappa shape index (κ3) is 3.44. The zero-order valence-corrected chi connectivity index (χ0v) is 15.9. The molecule has 0 spiro atoms. The van der Waals surface area contributed by atoms with E-state index in [0.717, 1.165) is 36.0 Å². The summed E-state index contributed by atoms with van der Waals surface area (Å²) in [7, 11) is 0. The molecule has 144 valence electrons. The normalized spacial score (nSPS) is 26.5. The van der Waals surface area contributed by atoms with E-state index in [1.165, 1.54) is 17.7 Å². The molecule has 2 aromatic rings. The third-order valence-corrected chi connectivity index (χ3v) is 6.36. The van der Waals surface area contributed by atoms with Gasteiger partial charge in [-0.1, -0.05) is 48.9 Å². The van der Waals surface area contributed by atoms with Crippen LogP contribution < -0.4 is 0 Å². The number of aryl methyl sites for hydroxylation is 1. The van der Waals surface area contributed by atoms with E-state index >= 15 is 0 Å². The van der Waals surface area contributed by atoms with Crippen LogP contribution in [-0.2, 0) is 11.8 Å². The van der Waals surface area contributed by atoms with Gasteiger partial charge in [-0.2, -0.15) is 0 Å². The van der Waals surface area contributed by atoms with E-state index in [1.807, 2.05) is 36.4 Å². The number of rotatable bonds is 4. The summed E-state index contributed by atoms with van der Waals surface area (Å²) < 4.78 is 27.0. The fourth-order valence-corrected chi connectivity index (χ4v) is 4.65. The van der Waals surface area contributed by atoms with Crippen LogP contribution in [-0.4, -0.2) is 6.17 Å². The van der Waals surface area contributed by atoms with Crippen molar-refractivity contribution in [2.75, 3.05) is 0 Å². The van der Waals surface area contributed by atoms with E-state index in [2.05, 4.69) is 12.1 Å². The van der Waals surface area contributed by atoms with Crippen molar-refractivity contribution in [1.82, 2.24) is 0 Å². The smallest absolute Gasteiger partial charge is 0.123 e. The van der Waals surface area contributed by atoms with Crippen LogP contribution in [0.15, 0.2) is 71.4 Å². The molecule has 2 unspecified atom stereocenters. The van der Waals surface area contributed by atoms with Crippen LogP contribution in [0.4, 0.5) is 14.5 Å². The van der Waals surface area contributed by atoms with Crippen LogP contribution in [0.2, 0.25) is 0 Å². The molecule has 2 aliphatic carbocycles. The Morgan fingerprint density at radius 3 is 2.64 bits per heavy atom. The van der Waals surface area contributed by atoms with Gasteiger partial charge in [0.25, 0.3) is 0 Å². The fourth-order valence-electron chi connectivity index (χ4n) is 4.65. The van der Waals surface area contributed by atoms with Gasteiger partial charge in [0, 0.05) is 6.42 Å². The highest BCUT2D eigenvalue weighted by Crippen LogP contribution is 2.51. The molecule has 28 heavy (non-hydrogen) atoms. The van der Waals surface area contributed by atoms with Gasteiger partial charge in [0.2, 0.25) is 0 Å². The first-order chi connectivity index (χ1) is 13.5. The summed E-state index contributed by atoms with van der Waals surface area (Å²) in [6, 6.07) is 12.4. The number of nitroso groups, excluding NO2 is 1. The Bertz CT molecular complexity index is 948. The highest BCUT2D eigenvalue weighted by atomic mass is 19.1. The Morgan fingerprint density at radius 1 is 1.18 bits per heavy atom. The topological polar surface area (TPSA) is 29.4 Å². The first kappa shape index (κ1) is 18.7. The first-order valence-electron chi connectivity index (χ1n) is 9.73. The Hall–Kier alpha value is -2.62. The molecule has 0 aliphatic heterocycles. The van der Waals surface area contributed by atoms with Crippen molar-refractivity contribution < 1.29 is 8.78 Å². The summed E-state index contributed by atoms with van der Waals surface area (Å²) in [6.45, 7) is 2.23. The van der Waals surface area contributed by atoms with Crippen molar-refractivity contribution in [2.24, 2.45) is 5.18 Å². The SMILES string of the molecule is C[C@@]1(c2ccc(F)cc2)CCc2cc(N=O)ccc2C1CC1=CCC(F)C=C1. The average molecular weight is 379 g/mol. The van der Waals surface area contributed by atoms with E-state index in [-0.39, 0.29) is 17.2 Å². The summed E-state index contributed by atoms with van der Waals surface area (Å²) in [5.41, 5.74) is 4.83. The molecule has 0 heterocycles. The lowest BCUT2D eigenvalue weighted by Gasteiger charge is -2.44. The van der Waals surface area contributed by atoms with Crippen LogP contribution in [0.25, 0.3) is 0 Å². The Kier molecular flexibility index (Phi) is 4.96. The molecule has 0 N–H and O–H groups in total. The van der Waals surface area contributed by atoms with E-state index in [4.69, 9.17) is 0 Å². The number of benzene rings is 2. The molecule has 2 aliphatic rings. The average Bonchev–Trinajstić information content (AvgIpc) is 2.71. The monoisotopic (exact) mass is 379 g/mol. The van der Waals surface area contributed by atoms with Crippen molar-refractivity contribution in [1.29, 1.82) is 0 Å². The fraction of sp³-hybridized carbons (Fsp3) is 0.333. The van der Waals surface area contributed by atoms with E-state index in [9.17, 15) is 13.7 Å². The molecule has 2 nitrogen and oxygen atoms in total. The largest absolute Gasteiger partial charge is 0.243 e. The van der Waals surface area contributed by atoms with Gasteiger partial charge in [-0.05, 0) is 76.7 Å². The summed E-state index contributed by atoms with van der Waals surface area (Å²) in [5.74, 6) is -0.0943. The summed E-state index contributed by atoms with van der Waals surface area (Å²) in [6.07, 6.45) is 7.48. The summed E-state index contributed by atoms with van der Waals surface area (Å²) in [5, 5.41) is 3.08. The minimum Gasteiger partial charge on any atom is -0.243 e. The van der Waals surface area contributed by atoms with Crippen LogP contribution in [0, 0.1) is 10.7 Å². The summed E-state index contributed by atoms with van der Waals surface area (Å²) in [4.78, 5) is 11.0. The molecule has 3 atom stereocenters. The quantitative estimate of drug-likeness (QED) is 0.536. The second kappa shape index (κ2) is 7.42. The number of nitrogens with zero attached hydrogens (tertiary/aromatic N) is 1. The molecular formula is C24H23F2NO. The minimum absolute atomic E-state index is 0.148. The molecule has 0 saturated carbocycles. The van der Waals surface area contributed by atoms with Crippen molar-refractivity contribution in [3.63, 3.8) is 0 Å². The van der Waals surface area contributed by atoms with Crippen LogP contribution in [0.1, 0.15) is 48.8 Å².